The zero-order chi connectivity index (χ0) is 16.7. The van der Waals surface area contributed by atoms with Gasteiger partial charge >= 0.3 is 0 Å². The number of hydrogen-bond donors (Lipinski definition) is 1. The number of rotatable bonds is 6. The Labute approximate surface area is 142 Å². The van der Waals surface area contributed by atoms with Crippen LogP contribution in [-0.4, -0.2) is 23.8 Å². The number of nitrogens with one attached hydrogen (secondary N) is 1. The van der Waals surface area contributed by atoms with E-state index in [4.69, 9.17) is 4.74 Å². The Kier molecular flexibility index (Phi) is 6.11. The van der Waals surface area contributed by atoms with Gasteiger partial charge in [-0.05, 0) is 57.2 Å². The van der Waals surface area contributed by atoms with Crippen molar-refractivity contribution in [2.45, 2.75) is 31.2 Å². The molecule has 1 N–H and O–H groups in total. The third-order valence-corrected chi connectivity index (χ3v) is 3.95. The lowest BCUT2D eigenvalue weighted by atomic mass is 10.1. The maximum absolute atomic E-state index is 12.0. The maximum atomic E-state index is 12.0. The first kappa shape index (κ1) is 17.4. The summed E-state index contributed by atoms with van der Waals surface area (Å²) in [7, 11) is 0. The molecule has 0 unspecified atom stereocenters. The highest BCUT2D eigenvalue weighted by Gasteiger charge is 2.14. The van der Waals surface area contributed by atoms with Gasteiger partial charge in [0.25, 0.3) is 5.91 Å². The van der Waals surface area contributed by atoms with Crippen LogP contribution in [0, 0.1) is 0 Å². The van der Waals surface area contributed by atoms with Crippen molar-refractivity contribution in [2.75, 3.05) is 12.4 Å². The van der Waals surface area contributed by atoms with Crippen LogP contribution in [0.5, 0.6) is 5.75 Å². The largest absolute Gasteiger partial charge is 0.493 e. The van der Waals surface area contributed by atoms with E-state index in [0.29, 0.717) is 12.2 Å². The molecule has 0 saturated heterocycles. The summed E-state index contributed by atoms with van der Waals surface area (Å²) in [4.78, 5) is 13.3. The highest BCUT2D eigenvalue weighted by Crippen LogP contribution is 2.18. The monoisotopic (exact) mass is 329 g/mol. The molecule has 0 saturated carbocycles. The fourth-order valence-corrected chi connectivity index (χ4v) is 2.70. The molecule has 23 heavy (non-hydrogen) atoms. The van der Waals surface area contributed by atoms with Crippen LogP contribution in [0.3, 0.4) is 0 Å². The van der Waals surface area contributed by atoms with Crippen molar-refractivity contribution in [3.63, 3.8) is 0 Å². The molecule has 0 aliphatic heterocycles. The smallest absolute Gasteiger partial charge is 0.251 e. The number of hydrogen-bond acceptors (Lipinski definition) is 3. The van der Waals surface area contributed by atoms with Gasteiger partial charge in [-0.2, -0.15) is 0 Å². The summed E-state index contributed by atoms with van der Waals surface area (Å²) < 4.78 is 5.71. The van der Waals surface area contributed by atoms with Crippen LogP contribution >= 0.6 is 11.8 Å². The standard InChI is InChI=1S/C19H23NO2S/c1-19(2,3)20-18(21)15-9-11-16(12-10-15)22-13-14-23-17-7-5-4-6-8-17/h4-12H,13-14H2,1-3H3,(H,20,21). The van der Waals surface area contributed by atoms with Crippen LogP contribution in [0.25, 0.3) is 0 Å². The summed E-state index contributed by atoms with van der Waals surface area (Å²) in [6.45, 7) is 6.53. The van der Waals surface area contributed by atoms with Gasteiger partial charge in [0.05, 0.1) is 6.61 Å². The molecule has 4 heteroatoms. The fourth-order valence-electron chi connectivity index (χ4n) is 1.95. The zero-order valence-corrected chi connectivity index (χ0v) is 14.7. The molecule has 0 bridgehead atoms. The van der Waals surface area contributed by atoms with Crippen molar-refractivity contribution in [1.29, 1.82) is 0 Å². The summed E-state index contributed by atoms with van der Waals surface area (Å²) in [6.07, 6.45) is 0. The van der Waals surface area contributed by atoms with Gasteiger partial charge in [0.15, 0.2) is 0 Å². The number of thioether (sulfide) groups is 1. The van der Waals surface area contributed by atoms with E-state index in [1.165, 1.54) is 4.90 Å². The van der Waals surface area contributed by atoms with Gasteiger partial charge in [-0.15, -0.1) is 11.8 Å². The highest BCUT2D eigenvalue weighted by atomic mass is 32.2. The SMILES string of the molecule is CC(C)(C)NC(=O)c1ccc(OCCSc2ccccc2)cc1. The first-order chi connectivity index (χ1) is 10.9. The summed E-state index contributed by atoms with van der Waals surface area (Å²) in [5.41, 5.74) is 0.409. The molecule has 0 heterocycles. The first-order valence-corrected chi connectivity index (χ1v) is 8.66. The summed E-state index contributed by atoms with van der Waals surface area (Å²) >= 11 is 1.76. The quantitative estimate of drug-likeness (QED) is 0.631. The van der Waals surface area contributed by atoms with Crippen molar-refractivity contribution in [3.05, 3.63) is 60.2 Å². The molecule has 3 nitrogen and oxygen atoms in total. The van der Waals surface area contributed by atoms with E-state index in [1.807, 2.05) is 51.1 Å². The van der Waals surface area contributed by atoms with Crippen LogP contribution in [0.15, 0.2) is 59.5 Å². The molecule has 0 aromatic heterocycles. The molecule has 0 atom stereocenters. The third kappa shape index (κ3) is 6.37. The Morgan fingerprint density at radius 3 is 2.30 bits per heavy atom. The van der Waals surface area contributed by atoms with Gasteiger partial charge in [-0.1, -0.05) is 18.2 Å². The van der Waals surface area contributed by atoms with E-state index >= 15 is 0 Å². The Morgan fingerprint density at radius 2 is 1.70 bits per heavy atom. The molecule has 0 aliphatic rings. The lowest BCUT2D eigenvalue weighted by Gasteiger charge is -2.20. The second-order valence-corrected chi connectivity index (χ2v) is 7.41. The second kappa shape index (κ2) is 8.06. The van der Waals surface area contributed by atoms with Crippen molar-refractivity contribution >= 4 is 17.7 Å². The summed E-state index contributed by atoms with van der Waals surface area (Å²) in [6, 6.07) is 17.5. The fraction of sp³-hybridized carbons (Fsp3) is 0.316. The van der Waals surface area contributed by atoms with Crippen LogP contribution < -0.4 is 10.1 Å². The average molecular weight is 329 g/mol. The number of ether oxygens (including phenoxy) is 1. The molecular formula is C19H23NO2S. The average Bonchev–Trinajstić information content (AvgIpc) is 2.51. The predicted octanol–water partition coefficient (Wildman–Crippen LogP) is 4.39. The van der Waals surface area contributed by atoms with Crippen LogP contribution in [0.1, 0.15) is 31.1 Å². The zero-order valence-electron chi connectivity index (χ0n) is 13.8. The normalized spacial score (nSPS) is 11.1. The third-order valence-electron chi connectivity index (χ3n) is 2.97. The van der Waals surface area contributed by atoms with Gasteiger partial charge < -0.3 is 10.1 Å². The number of benzene rings is 2. The molecule has 0 radical (unpaired) electrons. The minimum absolute atomic E-state index is 0.0660. The number of amides is 1. The molecule has 2 aromatic carbocycles. The Balaban J connectivity index is 1.78. The van der Waals surface area contributed by atoms with Crippen LogP contribution in [0.4, 0.5) is 0 Å². The molecule has 0 aliphatic carbocycles. The van der Waals surface area contributed by atoms with E-state index in [9.17, 15) is 4.79 Å². The van der Waals surface area contributed by atoms with Gasteiger partial charge in [-0.25, -0.2) is 0 Å². The molecule has 0 spiro atoms. The van der Waals surface area contributed by atoms with E-state index in [2.05, 4.69) is 17.4 Å². The Morgan fingerprint density at radius 1 is 1.04 bits per heavy atom. The molecule has 1 amide bonds. The van der Waals surface area contributed by atoms with Crippen LogP contribution in [-0.2, 0) is 0 Å². The van der Waals surface area contributed by atoms with Gasteiger partial charge in [-0.3, -0.25) is 4.79 Å². The molecular weight excluding hydrogens is 306 g/mol. The summed E-state index contributed by atoms with van der Waals surface area (Å²) in [5, 5.41) is 2.94. The topological polar surface area (TPSA) is 38.3 Å². The van der Waals surface area contributed by atoms with E-state index in [1.54, 1.807) is 23.9 Å². The Hall–Kier alpha value is -1.94. The van der Waals surface area contributed by atoms with Crippen molar-refractivity contribution in [1.82, 2.24) is 5.32 Å². The second-order valence-electron chi connectivity index (χ2n) is 6.24. The van der Waals surface area contributed by atoms with E-state index < -0.39 is 0 Å². The van der Waals surface area contributed by atoms with E-state index in [-0.39, 0.29) is 11.4 Å². The van der Waals surface area contributed by atoms with Crippen molar-refractivity contribution in [3.8, 4) is 5.75 Å². The predicted molar refractivity (Wildman–Crippen MR) is 96.3 cm³/mol. The molecule has 2 aromatic rings. The first-order valence-electron chi connectivity index (χ1n) is 7.67. The van der Waals surface area contributed by atoms with Crippen molar-refractivity contribution < 1.29 is 9.53 Å². The maximum Gasteiger partial charge on any atom is 0.251 e. The Bertz CT molecular complexity index is 618. The highest BCUT2D eigenvalue weighted by molar-refractivity contribution is 7.99. The lowest BCUT2D eigenvalue weighted by molar-refractivity contribution is 0.0919. The molecule has 0 fully saturated rings. The van der Waals surface area contributed by atoms with E-state index in [0.717, 1.165) is 11.5 Å². The van der Waals surface area contributed by atoms with Gasteiger partial charge in [0, 0.05) is 21.8 Å². The number of carbonyl (C=O) groups excluding carboxylic acids is 1. The van der Waals surface area contributed by atoms with Gasteiger partial charge in [0.1, 0.15) is 5.75 Å². The lowest BCUT2D eigenvalue weighted by Crippen LogP contribution is -2.40. The van der Waals surface area contributed by atoms with Crippen molar-refractivity contribution in [2.24, 2.45) is 0 Å². The molecule has 122 valence electrons. The van der Waals surface area contributed by atoms with Gasteiger partial charge in [0.2, 0.25) is 0 Å². The van der Waals surface area contributed by atoms with Crippen LogP contribution in [0.2, 0.25) is 0 Å². The minimum atomic E-state index is -0.235. The minimum Gasteiger partial charge on any atom is -0.493 e. The summed E-state index contributed by atoms with van der Waals surface area (Å²) in [5.74, 6) is 1.60. The molecule has 2 rings (SSSR count). The number of carbonyl (C=O) groups is 1.